The summed E-state index contributed by atoms with van der Waals surface area (Å²) in [5.41, 5.74) is 2.91. The lowest BCUT2D eigenvalue weighted by atomic mass is 10.0. The van der Waals surface area contributed by atoms with Gasteiger partial charge in [-0.1, -0.05) is 49.4 Å². The molecule has 2 amide bonds. The zero-order valence-electron chi connectivity index (χ0n) is 20.2. The highest BCUT2D eigenvalue weighted by atomic mass is 32.2. The summed E-state index contributed by atoms with van der Waals surface area (Å²) < 4.78 is 1.74. The molecular weight excluding hydrogens is 468 g/mol. The van der Waals surface area contributed by atoms with E-state index in [-0.39, 0.29) is 28.8 Å². The molecule has 0 bridgehead atoms. The maximum absolute atomic E-state index is 12.8. The quantitative estimate of drug-likeness (QED) is 0.258. The normalized spacial score (nSPS) is 11.8. The highest BCUT2D eigenvalue weighted by molar-refractivity contribution is 7.99. The summed E-state index contributed by atoms with van der Waals surface area (Å²) in [6.07, 6.45) is 0. The third-order valence-corrected chi connectivity index (χ3v) is 6.43. The predicted molar refractivity (Wildman–Crippen MR) is 134 cm³/mol. The number of hydrogen-bond donors (Lipinski definition) is 2. The van der Waals surface area contributed by atoms with Crippen LogP contribution in [0.25, 0.3) is 0 Å². The van der Waals surface area contributed by atoms with Gasteiger partial charge in [-0.3, -0.25) is 19.7 Å². The second kappa shape index (κ2) is 11.1. The first-order valence-electron chi connectivity index (χ1n) is 11.0. The number of nitrogens with one attached hydrogen (secondary N) is 2. The number of benzene rings is 2. The van der Waals surface area contributed by atoms with E-state index >= 15 is 0 Å². The van der Waals surface area contributed by atoms with E-state index in [1.54, 1.807) is 11.6 Å². The summed E-state index contributed by atoms with van der Waals surface area (Å²) in [5.74, 6) is 0.0247. The van der Waals surface area contributed by atoms with Crippen molar-refractivity contribution < 1.29 is 14.5 Å². The summed E-state index contributed by atoms with van der Waals surface area (Å²) in [5, 5.41) is 25.8. The summed E-state index contributed by atoms with van der Waals surface area (Å²) in [6, 6.07) is 10.9. The van der Waals surface area contributed by atoms with E-state index in [2.05, 4.69) is 20.8 Å². The molecule has 0 saturated carbocycles. The Bertz CT molecular complexity index is 1260. The average molecular weight is 497 g/mol. The molecule has 2 aromatic carbocycles. The second-order valence-corrected chi connectivity index (χ2v) is 9.50. The Morgan fingerprint density at radius 1 is 1.14 bits per heavy atom. The standard InChI is InChI=1S/C24H28N6O4S/c1-14(2)21(26-23(32)17-7-6-8-18(12-17)30(33)34)22-27-28-24(29(22)5)35-13-20(31)25-19-10-9-15(3)11-16(19)4/h6-12,14,21H,13H2,1-5H3,(H,25,31)(H,26,32)/t21-/m1/s1. The first-order valence-corrected chi connectivity index (χ1v) is 12.0. The van der Waals surface area contributed by atoms with Gasteiger partial charge in [0.05, 0.1) is 16.7 Å². The molecule has 0 spiro atoms. The van der Waals surface area contributed by atoms with Crippen LogP contribution in [-0.2, 0) is 11.8 Å². The average Bonchev–Trinajstić information content (AvgIpc) is 3.17. The van der Waals surface area contributed by atoms with Crippen LogP contribution in [0.5, 0.6) is 0 Å². The third kappa shape index (κ3) is 6.44. The number of rotatable bonds is 9. The predicted octanol–water partition coefficient (Wildman–Crippen LogP) is 4.20. The number of non-ortho nitro benzene ring substituents is 1. The maximum atomic E-state index is 12.8. The van der Waals surface area contributed by atoms with Crippen molar-refractivity contribution in [3.05, 3.63) is 75.1 Å². The molecular formula is C24H28N6O4S. The van der Waals surface area contributed by atoms with Crippen molar-refractivity contribution in [1.29, 1.82) is 0 Å². The van der Waals surface area contributed by atoms with Gasteiger partial charge in [0.1, 0.15) is 0 Å². The van der Waals surface area contributed by atoms with Crippen LogP contribution < -0.4 is 10.6 Å². The number of carbonyl (C=O) groups is 2. The van der Waals surface area contributed by atoms with Gasteiger partial charge in [-0.05, 0) is 37.5 Å². The van der Waals surface area contributed by atoms with Crippen LogP contribution in [0.2, 0.25) is 0 Å². The summed E-state index contributed by atoms with van der Waals surface area (Å²) in [6.45, 7) is 7.80. The van der Waals surface area contributed by atoms with Gasteiger partial charge in [0, 0.05) is 30.4 Å². The van der Waals surface area contributed by atoms with Crippen LogP contribution >= 0.6 is 11.8 Å². The molecule has 1 heterocycles. The van der Waals surface area contributed by atoms with Crippen molar-refractivity contribution in [3.8, 4) is 0 Å². The van der Waals surface area contributed by atoms with Crippen LogP contribution in [0.4, 0.5) is 11.4 Å². The van der Waals surface area contributed by atoms with Gasteiger partial charge in [0.15, 0.2) is 11.0 Å². The molecule has 1 atom stereocenters. The molecule has 35 heavy (non-hydrogen) atoms. The number of nitro benzene ring substituents is 1. The van der Waals surface area contributed by atoms with Crippen molar-refractivity contribution in [1.82, 2.24) is 20.1 Å². The first kappa shape index (κ1) is 25.9. The van der Waals surface area contributed by atoms with Crippen LogP contribution in [0.3, 0.4) is 0 Å². The molecule has 3 rings (SSSR count). The molecule has 10 nitrogen and oxygen atoms in total. The van der Waals surface area contributed by atoms with E-state index in [9.17, 15) is 19.7 Å². The largest absolute Gasteiger partial charge is 0.342 e. The SMILES string of the molecule is Cc1ccc(NC(=O)CSc2nnc([C@H](NC(=O)c3cccc([N+](=O)[O-])c3)C(C)C)n2C)c(C)c1. The van der Waals surface area contributed by atoms with Gasteiger partial charge >= 0.3 is 0 Å². The van der Waals surface area contributed by atoms with Crippen molar-refractivity contribution in [2.24, 2.45) is 13.0 Å². The summed E-state index contributed by atoms with van der Waals surface area (Å²) in [4.78, 5) is 35.8. The fourth-order valence-electron chi connectivity index (χ4n) is 3.51. The fraction of sp³-hybridized carbons (Fsp3) is 0.333. The fourth-order valence-corrected chi connectivity index (χ4v) is 4.23. The van der Waals surface area contributed by atoms with Crippen LogP contribution in [-0.4, -0.2) is 37.3 Å². The lowest BCUT2D eigenvalue weighted by Gasteiger charge is -2.21. The zero-order valence-corrected chi connectivity index (χ0v) is 21.0. The first-order chi connectivity index (χ1) is 16.6. The summed E-state index contributed by atoms with van der Waals surface area (Å²) >= 11 is 1.24. The van der Waals surface area contributed by atoms with Crippen molar-refractivity contribution in [2.75, 3.05) is 11.1 Å². The monoisotopic (exact) mass is 496 g/mol. The van der Waals surface area contributed by atoms with Crippen molar-refractivity contribution in [3.63, 3.8) is 0 Å². The number of aryl methyl sites for hydroxylation is 2. The van der Waals surface area contributed by atoms with E-state index in [1.807, 2.05) is 45.9 Å². The van der Waals surface area contributed by atoms with E-state index < -0.39 is 16.9 Å². The Hall–Kier alpha value is -3.73. The molecule has 3 aromatic rings. The van der Waals surface area contributed by atoms with Gasteiger partial charge in [0.2, 0.25) is 5.91 Å². The number of amides is 2. The number of carbonyl (C=O) groups excluding carboxylic acids is 2. The Morgan fingerprint density at radius 2 is 1.89 bits per heavy atom. The number of anilines is 1. The van der Waals surface area contributed by atoms with Crippen LogP contribution in [0.15, 0.2) is 47.6 Å². The molecule has 1 aromatic heterocycles. The van der Waals surface area contributed by atoms with Gasteiger partial charge in [-0.25, -0.2) is 0 Å². The lowest BCUT2D eigenvalue weighted by Crippen LogP contribution is -2.33. The number of thioether (sulfide) groups is 1. The van der Waals surface area contributed by atoms with Crippen LogP contribution in [0, 0.1) is 29.9 Å². The van der Waals surface area contributed by atoms with Crippen molar-refractivity contribution >= 4 is 35.0 Å². The summed E-state index contributed by atoms with van der Waals surface area (Å²) in [7, 11) is 1.77. The molecule has 2 N–H and O–H groups in total. The highest BCUT2D eigenvalue weighted by Crippen LogP contribution is 2.25. The highest BCUT2D eigenvalue weighted by Gasteiger charge is 2.26. The third-order valence-electron chi connectivity index (χ3n) is 5.41. The number of nitro groups is 1. The van der Waals surface area contributed by atoms with Gasteiger partial charge in [0.25, 0.3) is 11.6 Å². The Kier molecular flexibility index (Phi) is 8.23. The maximum Gasteiger partial charge on any atom is 0.270 e. The second-order valence-electron chi connectivity index (χ2n) is 8.56. The number of nitrogens with zero attached hydrogens (tertiary/aromatic N) is 4. The van der Waals surface area contributed by atoms with E-state index in [1.165, 1.54) is 36.0 Å². The van der Waals surface area contributed by atoms with Crippen molar-refractivity contribution in [2.45, 2.75) is 38.9 Å². The molecule has 0 aliphatic rings. The van der Waals surface area contributed by atoms with Gasteiger partial charge in [-0.2, -0.15) is 0 Å². The minimum absolute atomic E-state index is 0.0359. The molecule has 0 saturated heterocycles. The molecule has 184 valence electrons. The molecule has 0 unspecified atom stereocenters. The topological polar surface area (TPSA) is 132 Å². The molecule has 0 aliphatic carbocycles. The van der Waals surface area contributed by atoms with Gasteiger partial charge < -0.3 is 15.2 Å². The van der Waals surface area contributed by atoms with E-state index in [4.69, 9.17) is 0 Å². The Balaban J connectivity index is 1.69. The Morgan fingerprint density at radius 3 is 2.54 bits per heavy atom. The molecule has 0 aliphatic heterocycles. The minimum atomic E-state index is -0.542. The Labute approximate surface area is 207 Å². The smallest absolute Gasteiger partial charge is 0.270 e. The van der Waals surface area contributed by atoms with Crippen LogP contribution in [0.1, 0.15) is 47.2 Å². The molecule has 0 fully saturated rings. The lowest BCUT2D eigenvalue weighted by molar-refractivity contribution is -0.384. The van der Waals surface area contributed by atoms with E-state index in [0.29, 0.717) is 11.0 Å². The minimum Gasteiger partial charge on any atom is -0.342 e. The number of aromatic nitrogens is 3. The van der Waals surface area contributed by atoms with Gasteiger partial charge in [-0.15, -0.1) is 10.2 Å². The zero-order chi connectivity index (χ0) is 25.7. The number of hydrogen-bond acceptors (Lipinski definition) is 7. The van der Waals surface area contributed by atoms with E-state index in [0.717, 1.165) is 16.8 Å². The molecule has 0 radical (unpaired) electrons. The molecule has 11 heteroatoms.